The van der Waals surface area contributed by atoms with Crippen LogP contribution in [0.2, 0.25) is 0 Å². The highest BCUT2D eigenvalue weighted by Gasteiger charge is 2.19. The van der Waals surface area contributed by atoms with Crippen LogP contribution in [0.15, 0.2) is 0 Å². The van der Waals surface area contributed by atoms with Gasteiger partial charge >= 0.3 is 17.9 Å². The Balaban J connectivity index is 4.28. The van der Waals surface area contributed by atoms with Gasteiger partial charge in [0.1, 0.15) is 13.2 Å². The number of ether oxygens (including phenoxy) is 3. The lowest BCUT2D eigenvalue weighted by atomic mass is 10.0. The second-order valence-corrected chi connectivity index (χ2v) is 15.5. The Hall–Kier alpha value is -1.59. The van der Waals surface area contributed by atoms with Crippen molar-refractivity contribution in [3.8, 4) is 0 Å². The first kappa shape index (κ1) is 48.4. The SMILES string of the molecule is CCCCCCCCCCCC(=O)OC[C@@H](COC(=O)CCCCCCCCCCCCCC(C)C)OC(=O)CCCCCCCCCCC. The normalized spacial score (nSPS) is 11.9. The van der Waals surface area contributed by atoms with Gasteiger partial charge in [-0.3, -0.25) is 14.4 Å². The molecule has 0 fully saturated rings. The molecule has 0 rings (SSSR count). The van der Waals surface area contributed by atoms with Gasteiger partial charge in [-0.15, -0.1) is 0 Å². The quantitative estimate of drug-likeness (QED) is 0.0359. The van der Waals surface area contributed by atoms with Crippen molar-refractivity contribution in [1.82, 2.24) is 0 Å². The molecule has 0 aliphatic heterocycles. The molecule has 0 unspecified atom stereocenters. The second-order valence-electron chi connectivity index (χ2n) is 15.5. The smallest absolute Gasteiger partial charge is 0.306 e. The van der Waals surface area contributed by atoms with Crippen molar-refractivity contribution in [3.63, 3.8) is 0 Å². The zero-order valence-electron chi connectivity index (χ0n) is 33.9. The molecule has 0 aliphatic rings. The fraction of sp³-hybridized carbons (Fsp3) is 0.932. The minimum absolute atomic E-state index is 0.0644. The van der Waals surface area contributed by atoms with Crippen LogP contribution in [-0.2, 0) is 28.6 Å². The van der Waals surface area contributed by atoms with Crippen molar-refractivity contribution in [1.29, 1.82) is 0 Å². The summed E-state index contributed by atoms with van der Waals surface area (Å²) in [5, 5.41) is 0. The molecule has 0 amide bonds. The van der Waals surface area contributed by atoms with Gasteiger partial charge in [-0.05, 0) is 25.2 Å². The lowest BCUT2D eigenvalue weighted by Crippen LogP contribution is -2.30. The highest BCUT2D eigenvalue weighted by molar-refractivity contribution is 5.71. The number of esters is 3. The van der Waals surface area contributed by atoms with Gasteiger partial charge in [-0.25, -0.2) is 0 Å². The molecule has 0 saturated heterocycles. The van der Waals surface area contributed by atoms with E-state index in [1.807, 2.05) is 0 Å². The molecule has 0 N–H and O–H groups in total. The third-order valence-electron chi connectivity index (χ3n) is 9.79. The highest BCUT2D eigenvalue weighted by Crippen LogP contribution is 2.16. The molecule has 0 bridgehead atoms. The maximum Gasteiger partial charge on any atom is 0.306 e. The Kier molecular flexibility index (Phi) is 37.4. The van der Waals surface area contributed by atoms with Gasteiger partial charge in [0.05, 0.1) is 0 Å². The summed E-state index contributed by atoms with van der Waals surface area (Å²) in [4.78, 5) is 37.5. The summed E-state index contributed by atoms with van der Waals surface area (Å²) in [6.45, 7) is 8.95. The van der Waals surface area contributed by atoms with Gasteiger partial charge in [0.2, 0.25) is 0 Å². The molecule has 50 heavy (non-hydrogen) atoms. The number of rotatable bonds is 39. The van der Waals surface area contributed by atoms with Gasteiger partial charge in [0.15, 0.2) is 6.10 Å². The van der Waals surface area contributed by atoms with Crippen molar-refractivity contribution in [2.24, 2.45) is 5.92 Å². The van der Waals surface area contributed by atoms with Gasteiger partial charge in [-0.1, -0.05) is 201 Å². The summed E-state index contributed by atoms with van der Waals surface area (Å²) >= 11 is 0. The van der Waals surface area contributed by atoms with Crippen LogP contribution in [0.4, 0.5) is 0 Å². The molecule has 0 heterocycles. The zero-order chi connectivity index (χ0) is 36.8. The highest BCUT2D eigenvalue weighted by atomic mass is 16.6. The minimum Gasteiger partial charge on any atom is -0.462 e. The Morgan fingerprint density at radius 2 is 0.660 bits per heavy atom. The molecule has 0 aromatic rings. The van der Waals surface area contributed by atoms with Crippen LogP contribution in [-0.4, -0.2) is 37.2 Å². The van der Waals surface area contributed by atoms with E-state index in [0.717, 1.165) is 63.7 Å². The van der Waals surface area contributed by atoms with Crippen molar-refractivity contribution < 1.29 is 28.6 Å². The average Bonchev–Trinajstić information content (AvgIpc) is 3.09. The Morgan fingerprint density at radius 1 is 0.380 bits per heavy atom. The monoisotopic (exact) mass is 709 g/mol. The van der Waals surface area contributed by atoms with Crippen LogP contribution in [0.3, 0.4) is 0 Å². The predicted molar refractivity (Wildman–Crippen MR) is 210 cm³/mol. The van der Waals surface area contributed by atoms with E-state index in [0.29, 0.717) is 19.3 Å². The third kappa shape index (κ3) is 37.7. The van der Waals surface area contributed by atoms with Gasteiger partial charge in [0.25, 0.3) is 0 Å². The number of hydrogen-bond acceptors (Lipinski definition) is 6. The fourth-order valence-electron chi connectivity index (χ4n) is 6.45. The van der Waals surface area contributed by atoms with Crippen molar-refractivity contribution >= 4 is 17.9 Å². The van der Waals surface area contributed by atoms with Crippen molar-refractivity contribution in [2.45, 2.75) is 246 Å². The summed E-state index contributed by atoms with van der Waals surface area (Å²) in [6.07, 6.45) is 36.6. The van der Waals surface area contributed by atoms with Gasteiger partial charge in [-0.2, -0.15) is 0 Å². The maximum absolute atomic E-state index is 12.6. The molecule has 0 aliphatic carbocycles. The molecule has 0 radical (unpaired) electrons. The molecule has 6 heteroatoms. The lowest BCUT2D eigenvalue weighted by molar-refractivity contribution is -0.167. The summed E-state index contributed by atoms with van der Waals surface area (Å²) in [5.41, 5.74) is 0. The fourth-order valence-corrected chi connectivity index (χ4v) is 6.45. The van der Waals surface area contributed by atoms with Crippen LogP contribution in [0.1, 0.15) is 240 Å². The molecule has 0 aromatic heterocycles. The first-order valence-electron chi connectivity index (χ1n) is 21.9. The molecule has 0 aromatic carbocycles. The van der Waals surface area contributed by atoms with E-state index in [4.69, 9.17) is 14.2 Å². The summed E-state index contributed by atoms with van der Waals surface area (Å²) in [6, 6.07) is 0. The van der Waals surface area contributed by atoms with E-state index in [1.54, 1.807) is 0 Å². The summed E-state index contributed by atoms with van der Waals surface area (Å²) in [7, 11) is 0. The molecular formula is C44H84O6. The summed E-state index contributed by atoms with van der Waals surface area (Å²) < 4.78 is 16.6. The zero-order valence-corrected chi connectivity index (χ0v) is 33.9. The molecule has 1 atom stereocenters. The van der Waals surface area contributed by atoms with Crippen LogP contribution in [0, 0.1) is 5.92 Å². The van der Waals surface area contributed by atoms with E-state index in [1.165, 1.54) is 135 Å². The standard InChI is InChI=1S/C44H84O6/c1-5-7-9-11-13-18-23-27-31-35-42(45)48-38-41(50-44(47)37-33-29-25-19-14-12-10-8-6-2)39-49-43(46)36-32-28-24-21-17-15-16-20-22-26-30-34-40(3)4/h40-41H,5-39H2,1-4H3/t41-/m0/s1. The number of carbonyl (C=O) groups excluding carboxylic acids is 3. The van der Waals surface area contributed by atoms with Crippen molar-refractivity contribution in [3.05, 3.63) is 0 Å². The van der Waals surface area contributed by atoms with Crippen LogP contribution < -0.4 is 0 Å². The number of carbonyl (C=O) groups is 3. The minimum atomic E-state index is -0.757. The van der Waals surface area contributed by atoms with Gasteiger partial charge in [0, 0.05) is 19.3 Å². The summed E-state index contributed by atoms with van der Waals surface area (Å²) in [5.74, 6) is -0.0347. The molecule has 0 spiro atoms. The Labute approximate surface area is 310 Å². The Morgan fingerprint density at radius 3 is 0.980 bits per heavy atom. The first-order chi connectivity index (χ1) is 24.4. The predicted octanol–water partition coefficient (Wildman–Crippen LogP) is 13.6. The van der Waals surface area contributed by atoms with Crippen LogP contribution in [0.5, 0.6) is 0 Å². The van der Waals surface area contributed by atoms with E-state index >= 15 is 0 Å². The number of hydrogen-bond donors (Lipinski definition) is 0. The van der Waals surface area contributed by atoms with E-state index in [9.17, 15) is 14.4 Å². The largest absolute Gasteiger partial charge is 0.462 e. The van der Waals surface area contributed by atoms with Crippen LogP contribution >= 0.6 is 0 Å². The number of unbranched alkanes of at least 4 members (excludes halogenated alkanes) is 26. The topological polar surface area (TPSA) is 78.9 Å². The molecular weight excluding hydrogens is 624 g/mol. The van der Waals surface area contributed by atoms with Crippen molar-refractivity contribution in [2.75, 3.05) is 13.2 Å². The first-order valence-corrected chi connectivity index (χ1v) is 21.9. The Bertz CT molecular complexity index is 751. The lowest BCUT2D eigenvalue weighted by Gasteiger charge is -2.18. The average molecular weight is 709 g/mol. The molecule has 6 nitrogen and oxygen atoms in total. The van der Waals surface area contributed by atoms with E-state index in [2.05, 4.69) is 27.7 Å². The molecule has 296 valence electrons. The second kappa shape index (κ2) is 38.6. The van der Waals surface area contributed by atoms with E-state index < -0.39 is 6.10 Å². The molecule has 0 saturated carbocycles. The maximum atomic E-state index is 12.6. The third-order valence-corrected chi connectivity index (χ3v) is 9.79. The van der Waals surface area contributed by atoms with Gasteiger partial charge < -0.3 is 14.2 Å². The van der Waals surface area contributed by atoms with Crippen LogP contribution in [0.25, 0.3) is 0 Å². The van der Waals surface area contributed by atoms with E-state index in [-0.39, 0.29) is 31.1 Å².